The van der Waals surface area contributed by atoms with Crippen LogP contribution in [0.5, 0.6) is 0 Å². The van der Waals surface area contributed by atoms with Gasteiger partial charge in [0.25, 0.3) is 5.91 Å². The summed E-state index contributed by atoms with van der Waals surface area (Å²) in [6.45, 7) is -0.239. The summed E-state index contributed by atoms with van der Waals surface area (Å²) in [7, 11) is 0. The lowest BCUT2D eigenvalue weighted by Gasteiger charge is -2.27. The minimum absolute atomic E-state index is 0. The molecule has 1 aromatic rings. The van der Waals surface area contributed by atoms with Crippen molar-refractivity contribution in [2.24, 2.45) is 5.73 Å². The second-order valence-corrected chi connectivity index (χ2v) is 7.56. The van der Waals surface area contributed by atoms with Crippen LogP contribution in [0.2, 0.25) is 0 Å². The molecule has 0 bridgehead atoms. The Morgan fingerprint density at radius 3 is 2.67 bits per heavy atom. The number of benzene rings is 1. The summed E-state index contributed by atoms with van der Waals surface area (Å²) < 4.78 is 0. The largest absolute Gasteiger partial charge is 0.352 e. The van der Waals surface area contributed by atoms with Crippen LogP contribution in [0.15, 0.2) is 24.3 Å². The molecule has 1 heterocycles. The Bertz CT molecular complexity index is 763. The highest BCUT2D eigenvalue weighted by Gasteiger charge is 2.55. The molecule has 1 aromatic carbocycles. The number of nitrogens with zero attached hydrogens (tertiary/aromatic N) is 1. The summed E-state index contributed by atoms with van der Waals surface area (Å²) in [5, 5.41) is 5.78. The molecule has 0 aromatic heterocycles. The molecule has 1 aliphatic heterocycles. The fourth-order valence-electron chi connectivity index (χ4n) is 4.41. The number of imide groups is 1. The van der Waals surface area contributed by atoms with E-state index in [1.807, 2.05) is 24.3 Å². The van der Waals surface area contributed by atoms with Crippen LogP contribution in [-0.2, 0) is 21.5 Å². The molecule has 1 spiro atoms. The Kier molecular flexibility index (Phi) is 5.44. The molecule has 4 amide bonds. The van der Waals surface area contributed by atoms with E-state index in [1.165, 1.54) is 0 Å². The average molecular weight is 393 g/mol. The SMILES string of the molecule is Cl.NC1CCC(NC(=O)CN2C(=O)NC3(CCc4ccccc43)C2=O)CC1. The summed E-state index contributed by atoms with van der Waals surface area (Å²) in [6.07, 6.45) is 4.72. The molecule has 146 valence electrons. The zero-order valence-corrected chi connectivity index (χ0v) is 15.9. The van der Waals surface area contributed by atoms with Crippen LogP contribution >= 0.6 is 12.4 Å². The number of aryl methyl sites for hydroxylation is 1. The molecule has 4 rings (SSSR count). The number of fused-ring (bicyclic) bond motifs is 2. The highest BCUT2D eigenvalue weighted by Crippen LogP contribution is 2.41. The molecular weight excluding hydrogens is 368 g/mol. The Balaban J connectivity index is 0.00000210. The van der Waals surface area contributed by atoms with Gasteiger partial charge in [-0.3, -0.25) is 14.5 Å². The third-order valence-corrected chi connectivity index (χ3v) is 5.86. The number of urea groups is 1. The van der Waals surface area contributed by atoms with Gasteiger partial charge in [0.2, 0.25) is 5.91 Å². The lowest BCUT2D eigenvalue weighted by Crippen LogP contribution is -2.47. The van der Waals surface area contributed by atoms with Gasteiger partial charge in [-0.15, -0.1) is 12.4 Å². The third kappa shape index (κ3) is 3.41. The van der Waals surface area contributed by atoms with E-state index in [4.69, 9.17) is 5.73 Å². The Morgan fingerprint density at radius 2 is 1.93 bits per heavy atom. The average Bonchev–Trinajstić information content (AvgIpc) is 3.11. The van der Waals surface area contributed by atoms with Gasteiger partial charge in [0.1, 0.15) is 12.1 Å². The van der Waals surface area contributed by atoms with Crippen LogP contribution in [-0.4, -0.2) is 41.4 Å². The highest BCUT2D eigenvalue weighted by molar-refractivity contribution is 6.09. The lowest BCUT2D eigenvalue weighted by molar-refractivity contribution is -0.135. The summed E-state index contributed by atoms with van der Waals surface area (Å²) >= 11 is 0. The molecule has 2 fully saturated rings. The molecule has 1 atom stereocenters. The summed E-state index contributed by atoms with van der Waals surface area (Å²) in [4.78, 5) is 38.9. The van der Waals surface area contributed by atoms with Crippen LogP contribution in [0.3, 0.4) is 0 Å². The van der Waals surface area contributed by atoms with Crippen molar-refractivity contribution in [3.8, 4) is 0 Å². The standard InChI is InChI=1S/C19H24N4O3.ClH/c20-13-5-7-14(8-6-13)21-16(24)11-23-17(25)19(22-18(23)26)10-9-12-3-1-2-4-15(12)19;/h1-4,13-14H,5-11,20H2,(H,21,24)(H,22,26);1H. The predicted octanol–water partition coefficient (Wildman–Crippen LogP) is 1.19. The molecule has 1 saturated heterocycles. The zero-order chi connectivity index (χ0) is 18.3. The first-order valence-electron chi connectivity index (χ1n) is 9.27. The number of hydrogen-bond donors (Lipinski definition) is 3. The van der Waals surface area contributed by atoms with Gasteiger partial charge < -0.3 is 16.4 Å². The van der Waals surface area contributed by atoms with Gasteiger partial charge in [-0.1, -0.05) is 24.3 Å². The highest BCUT2D eigenvalue weighted by atomic mass is 35.5. The first-order valence-corrected chi connectivity index (χ1v) is 9.27. The third-order valence-electron chi connectivity index (χ3n) is 5.86. The van der Waals surface area contributed by atoms with E-state index in [0.29, 0.717) is 6.42 Å². The molecule has 2 aliphatic carbocycles. The molecule has 1 saturated carbocycles. The fraction of sp³-hybridized carbons (Fsp3) is 0.526. The quantitative estimate of drug-likeness (QED) is 0.672. The van der Waals surface area contributed by atoms with Gasteiger partial charge in [-0.2, -0.15) is 0 Å². The fourth-order valence-corrected chi connectivity index (χ4v) is 4.41. The Labute approximate surface area is 164 Å². The monoisotopic (exact) mass is 392 g/mol. The van der Waals surface area contributed by atoms with Gasteiger partial charge in [0.15, 0.2) is 0 Å². The minimum Gasteiger partial charge on any atom is -0.352 e. The molecule has 8 heteroatoms. The van der Waals surface area contributed by atoms with Crippen LogP contribution < -0.4 is 16.4 Å². The van der Waals surface area contributed by atoms with Gasteiger partial charge in [0, 0.05) is 12.1 Å². The maximum absolute atomic E-state index is 13.0. The van der Waals surface area contributed by atoms with Crippen LogP contribution in [0.4, 0.5) is 4.79 Å². The van der Waals surface area contributed by atoms with Crippen LogP contribution in [0.25, 0.3) is 0 Å². The topological polar surface area (TPSA) is 105 Å². The van der Waals surface area contributed by atoms with E-state index in [2.05, 4.69) is 10.6 Å². The molecule has 27 heavy (non-hydrogen) atoms. The molecule has 7 nitrogen and oxygen atoms in total. The summed E-state index contributed by atoms with van der Waals surface area (Å²) in [5.41, 5.74) is 6.80. The van der Waals surface area contributed by atoms with Gasteiger partial charge >= 0.3 is 6.03 Å². The van der Waals surface area contributed by atoms with Crippen molar-refractivity contribution in [2.45, 2.75) is 56.1 Å². The van der Waals surface area contributed by atoms with E-state index in [0.717, 1.165) is 48.1 Å². The van der Waals surface area contributed by atoms with Crippen molar-refractivity contribution in [3.05, 3.63) is 35.4 Å². The minimum atomic E-state index is -1.01. The Hall–Kier alpha value is -2.12. The molecule has 0 radical (unpaired) electrons. The van der Waals surface area contributed by atoms with Gasteiger partial charge in [-0.05, 0) is 49.7 Å². The number of hydrogen-bond acceptors (Lipinski definition) is 4. The van der Waals surface area contributed by atoms with E-state index in [9.17, 15) is 14.4 Å². The van der Waals surface area contributed by atoms with Crippen LogP contribution in [0, 0.1) is 0 Å². The van der Waals surface area contributed by atoms with Crippen molar-refractivity contribution >= 4 is 30.3 Å². The zero-order valence-electron chi connectivity index (χ0n) is 15.1. The van der Waals surface area contributed by atoms with Crippen molar-refractivity contribution < 1.29 is 14.4 Å². The number of nitrogens with one attached hydrogen (secondary N) is 2. The van der Waals surface area contributed by atoms with E-state index in [1.54, 1.807) is 0 Å². The van der Waals surface area contributed by atoms with Gasteiger partial charge in [-0.25, -0.2) is 4.79 Å². The maximum atomic E-state index is 13.0. The predicted molar refractivity (Wildman–Crippen MR) is 102 cm³/mol. The number of carbonyl (C=O) groups is 3. The second-order valence-electron chi connectivity index (χ2n) is 7.56. The van der Waals surface area contributed by atoms with Crippen molar-refractivity contribution in [2.75, 3.05) is 6.54 Å². The molecule has 4 N–H and O–H groups in total. The number of carbonyl (C=O) groups excluding carboxylic acids is 3. The molecule has 1 unspecified atom stereocenters. The van der Waals surface area contributed by atoms with Crippen molar-refractivity contribution in [1.82, 2.24) is 15.5 Å². The number of rotatable bonds is 3. The lowest BCUT2D eigenvalue weighted by atomic mass is 9.91. The number of halogens is 1. The van der Waals surface area contributed by atoms with E-state index < -0.39 is 11.6 Å². The first kappa shape index (κ1) is 19.6. The van der Waals surface area contributed by atoms with Gasteiger partial charge in [0.05, 0.1) is 0 Å². The van der Waals surface area contributed by atoms with E-state index in [-0.39, 0.29) is 42.8 Å². The van der Waals surface area contributed by atoms with Crippen LogP contribution in [0.1, 0.15) is 43.2 Å². The van der Waals surface area contributed by atoms with Crippen molar-refractivity contribution in [1.29, 1.82) is 0 Å². The van der Waals surface area contributed by atoms with E-state index >= 15 is 0 Å². The number of amides is 4. The molecular formula is C19H25ClN4O3. The Morgan fingerprint density at radius 1 is 1.22 bits per heavy atom. The summed E-state index contributed by atoms with van der Waals surface area (Å²) in [5.74, 6) is -0.620. The second kappa shape index (κ2) is 7.48. The summed E-state index contributed by atoms with van der Waals surface area (Å²) in [6, 6.07) is 7.45. The number of nitrogens with two attached hydrogens (primary N) is 1. The van der Waals surface area contributed by atoms with Crippen molar-refractivity contribution in [3.63, 3.8) is 0 Å². The molecule has 3 aliphatic rings. The maximum Gasteiger partial charge on any atom is 0.325 e. The smallest absolute Gasteiger partial charge is 0.325 e. The first-order chi connectivity index (χ1) is 12.5. The normalized spacial score (nSPS) is 29.3.